The average molecular weight is 194 g/mol. The second kappa shape index (κ2) is 3.71. The van der Waals surface area contributed by atoms with Gasteiger partial charge in [-0.05, 0) is 6.07 Å². The molecule has 14 heavy (non-hydrogen) atoms. The summed E-state index contributed by atoms with van der Waals surface area (Å²) in [7, 11) is 0. The number of H-pyrrole nitrogens is 1. The molecule has 1 aliphatic heterocycles. The van der Waals surface area contributed by atoms with E-state index in [0.29, 0.717) is 11.4 Å². The molecular weight excluding hydrogens is 180 g/mol. The van der Waals surface area contributed by atoms with Crippen molar-refractivity contribution in [3.63, 3.8) is 0 Å². The van der Waals surface area contributed by atoms with E-state index in [1.54, 1.807) is 12.3 Å². The number of nitrogens with one attached hydrogen (secondary N) is 2. The summed E-state index contributed by atoms with van der Waals surface area (Å²) in [6, 6.07) is 1.67. The summed E-state index contributed by atoms with van der Waals surface area (Å²) < 4.78 is 0. The number of hydrogen-bond acceptors (Lipinski definition) is 3. The maximum Gasteiger partial charge on any atom is 0.270 e. The van der Waals surface area contributed by atoms with Crippen LogP contribution >= 0.6 is 0 Å². The van der Waals surface area contributed by atoms with Crippen LogP contribution in [0.5, 0.6) is 0 Å². The molecule has 5 heteroatoms. The zero-order valence-corrected chi connectivity index (χ0v) is 7.92. The lowest BCUT2D eigenvalue weighted by Gasteiger charge is -2.26. The van der Waals surface area contributed by atoms with E-state index in [-0.39, 0.29) is 5.91 Å². The van der Waals surface area contributed by atoms with Gasteiger partial charge in [0.15, 0.2) is 0 Å². The van der Waals surface area contributed by atoms with Crippen molar-refractivity contribution in [1.82, 2.24) is 15.2 Å². The Labute approximate surface area is 82.3 Å². The van der Waals surface area contributed by atoms with Gasteiger partial charge < -0.3 is 20.9 Å². The van der Waals surface area contributed by atoms with Gasteiger partial charge in [0.1, 0.15) is 5.69 Å². The number of nitrogens with two attached hydrogens (primary N) is 1. The highest BCUT2D eigenvalue weighted by atomic mass is 16.2. The Balaban J connectivity index is 2.07. The molecule has 2 heterocycles. The Kier molecular flexibility index (Phi) is 2.41. The Morgan fingerprint density at radius 1 is 1.43 bits per heavy atom. The fourth-order valence-electron chi connectivity index (χ4n) is 1.57. The van der Waals surface area contributed by atoms with Gasteiger partial charge in [0.2, 0.25) is 0 Å². The van der Waals surface area contributed by atoms with Crippen LogP contribution in [0.15, 0.2) is 12.3 Å². The Hall–Kier alpha value is -1.49. The maximum atomic E-state index is 11.8. The van der Waals surface area contributed by atoms with E-state index in [4.69, 9.17) is 5.73 Å². The fourth-order valence-corrected chi connectivity index (χ4v) is 1.57. The zero-order chi connectivity index (χ0) is 9.97. The third-order valence-corrected chi connectivity index (χ3v) is 2.34. The second-order valence-electron chi connectivity index (χ2n) is 3.39. The summed E-state index contributed by atoms with van der Waals surface area (Å²) in [6.45, 7) is 3.25. The van der Waals surface area contributed by atoms with Crippen molar-refractivity contribution in [1.29, 1.82) is 0 Å². The van der Waals surface area contributed by atoms with E-state index in [1.807, 2.05) is 4.90 Å². The summed E-state index contributed by atoms with van der Waals surface area (Å²) >= 11 is 0. The molecule has 0 atom stereocenters. The van der Waals surface area contributed by atoms with Crippen LogP contribution in [0.2, 0.25) is 0 Å². The number of aromatic amines is 1. The van der Waals surface area contributed by atoms with Crippen LogP contribution in [-0.4, -0.2) is 42.0 Å². The zero-order valence-electron chi connectivity index (χ0n) is 7.92. The molecule has 1 aromatic rings. The monoisotopic (exact) mass is 194 g/mol. The van der Waals surface area contributed by atoms with E-state index in [2.05, 4.69) is 10.3 Å². The summed E-state index contributed by atoms with van der Waals surface area (Å²) in [5, 5.41) is 3.20. The standard InChI is InChI=1S/C9H14N4O/c10-7-5-8(12-6-7)9(14)13-3-1-11-2-4-13/h5-6,11-12H,1-4,10H2. The smallest absolute Gasteiger partial charge is 0.270 e. The van der Waals surface area contributed by atoms with Gasteiger partial charge in [-0.25, -0.2) is 0 Å². The number of carbonyl (C=O) groups is 1. The molecule has 0 saturated carbocycles. The highest BCUT2D eigenvalue weighted by Gasteiger charge is 2.18. The van der Waals surface area contributed by atoms with Crippen molar-refractivity contribution in [3.05, 3.63) is 18.0 Å². The van der Waals surface area contributed by atoms with Crippen molar-refractivity contribution in [2.45, 2.75) is 0 Å². The van der Waals surface area contributed by atoms with E-state index in [9.17, 15) is 4.79 Å². The first kappa shape index (κ1) is 9.08. The van der Waals surface area contributed by atoms with Crippen LogP contribution < -0.4 is 11.1 Å². The minimum Gasteiger partial charge on any atom is -0.397 e. The number of aromatic nitrogens is 1. The van der Waals surface area contributed by atoms with Crippen molar-refractivity contribution < 1.29 is 4.79 Å². The fraction of sp³-hybridized carbons (Fsp3) is 0.444. The average Bonchev–Trinajstić information content (AvgIpc) is 2.65. The summed E-state index contributed by atoms with van der Waals surface area (Å²) in [5.41, 5.74) is 6.71. The summed E-state index contributed by atoms with van der Waals surface area (Å²) in [4.78, 5) is 16.5. The number of anilines is 1. The van der Waals surface area contributed by atoms with Crippen LogP contribution in [0.3, 0.4) is 0 Å². The molecule has 76 valence electrons. The summed E-state index contributed by atoms with van der Waals surface area (Å²) in [6.07, 6.45) is 1.63. The molecular formula is C9H14N4O. The molecule has 0 aliphatic carbocycles. The lowest BCUT2D eigenvalue weighted by atomic mass is 10.3. The van der Waals surface area contributed by atoms with Gasteiger partial charge >= 0.3 is 0 Å². The molecule has 0 unspecified atom stereocenters. The SMILES string of the molecule is Nc1c[nH]c(C(=O)N2CCNCC2)c1. The maximum absolute atomic E-state index is 11.8. The van der Waals surface area contributed by atoms with Crippen LogP contribution in [0.25, 0.3) is 0 Å². The third-order valence-electron chi connectivity index (χ3n) is 2.34. The number of nitrogen functional groups attached to an aromatic ring is 1. The molecule has 1 amide bonds. The van der Waals surface area contributed by atoms with Crippen LogP contribution in [-0.2, 0) is 0 Å². The third kappa shape index (κ3) is 1.72. The quantitative estimate of drug-likeness (QED) is 0.571. The van der Waals surface area contributed by atoms with Gasteiger partial charge in [0.05, 0.1) is 0 Å². The highest BCUT2D eigenvalue weighted by Crippen LogP contribution is 2.08. The molecule has 1 aromatic heterocycles. The first-order valence-corrected chi connectivity index (χ1v) is 4.71. The number of carbonyl (C=O) groups excluding carboxylic acids is 1. The molecule has 1 aliphatic rings. The van der Waals surface area contributed by atoms with Gasteiger partial charge in [0.25, 0.3) is 5.91 Å². The Morgan fingerprint density at radius 2 is 2.14 bits per heavy atom. The topological polar surface area (TPSA) is 74.2 Å². The minimum absolute atomic E-state index is 0.0307. The number of hydrogen-bond donors (Lipinski definition) is 3. The number of rotatable bonds is 1. The number of piperazine rings is 1. The van der Waals surface area contributed by atoms with Crippen LogP contribution in [0, 0.1) is 0 Å². The lowest BCUT2D eigenvalue weighted by Crippen LogP contribution is -2.46. The number of amides is 1. The molecule has 0 bridgehead atoms. The molecule has 5 nitrogen and oxygen atoms in total. The predicted molar refractivity (Wildman–Crippen MR) is 54.0 cm³/mol. The highest BCUT2D eigenvalue weighted by molar-refractivity contribution is 5.93. The van der Waals surface area contributed by atoms with Gasteiger partial charge in [-0.15, -0.1) is 0 Å². The van der Waals surface area contributed by atoms with E-state index >= 15 is 0 Å². The molecule has 1 fully saturated rings. The minimum atomic E-state index is 0.0307. The predicted octanol–water partition coefficient (Wildman–Crippen LogP) is -0.358. The van der Waals surface area contributed by atoms with Gasteiger partial charge in [0, 0.05) is 38.1 Å². The van der Waals surface area contributed by atoms with Crippen molar-refractivity contribution in [3.8, 4) is 0 Å². The normalized spacial score (nSPS) is 17.0. The van der Waals surface area contributed by atoms with Crippen molar-refractivity contribution in [2.24, 2.45) is 0 Å². The molecule has 1 saturated heterocycles. The second-order valence-corrected chi connectivity index (χ2v) is 3.39. The van der Waals surface area contributed by atoms with Gasteiger partial charge in [-0.3, -0.25) is 4.79 Å². The summed E-state index contributed by atoms with van der Waals surface area (Å²) in [5.74, 6) is 0.0307. The van der Waals surface area contributed by atoms with E-state index in [1.165, 1.54) is 0 Å². The molecule has 0 radical (unpaired) electrons. The molecule has 2 rings (SSSR count). The Morgan fingerprint density at radius 3 is 2.71 bits per heavy atom. The Bertz CT molecular complexity index is 327. The van der Waals surface area contributed by atoms with Crippen LogP contribution in [0.1, 0.15) is 10.5 Å². The molecule has 0 aromatic carbocycles. The molecule has 0 spiro atoms. The van der Waals surface area contributed by atoms with Crippen LogP contribution in [0.4, 0.5) is 5.69 Å². The first-order chi connectivity index (χ1) is 6.77. The first-order valence-electron chi connectivity index (χ1n) is 4.71. The lowest BCUT2D eigenvalue weighted by molar-refractivity contribution is 0.0730. The van der Waals surface area contributed by atoms with E-state index in [0.717, 1.165) is 26.2 Å². The van der Waals surface area contributed by atoms with Crippen molar-refractivity contribution >= 4 is 11.6 Å². The largest absolute Gasteiger partial charge is 0.397 e. The molecule has 4 N–H and O–H groups in total. The van der Waals surface area contributed by atoms with Crippen molar-refractivity contribution in [2.75, 3.05) is 31.9 Å². The van der Waals surface area contributed by atoms with Gasteiger partial charge in [-0.2, -0.15) is 0 Å². The van der Waals surface area contributed by atoms with Gasteiger partial charge in [-0.1, -0.05) is 0 Å². The van der Waals surface area contributed by atoms with E-state index < -0.39 is 0 Å². The number of nitrogens with zero attached hydrogens (tertiary/aromatic N) is 1.